The van der Waals surface area contributed by atoms with E-state index in [-0.39, 0.29) is 0 Å². The van der Waals surface area contributed by atoms with Gasteiger partial charge in [-0.25, -0.2) is 5.01 Å². The van der Waals surface area contributed by atoms with E-state index in [1.54, 1.807) is 5.01 Å². The molecule has 0 heterocycles. The number of nitrogens with one attached hydrogen (secondary N) is 1. The van der Waals surface area contributed by atoms with Gasteiger partial charge in [-0.1, -0.05) is 32.0 Å². The second kappa shape index (κ2) is 8.53. The first kappa shape index (κ1) is 12.9. The number of anilines is 1. The fourth-order valence-electron chi connectivity index (χ4n) is 0.933. The van der Waals surface area contributed by atoms with Crippen LogP contribution in [-0.4, -0.2) is 25.1 Å². The second-order valence-corrected chi connectivity index (χ2v) is 2.77. The van der Waals surface area contributed by atoms with Crippen LogP contribution in [0.15, 0.2) is 30.3 Å². The van der Waals surface area contributed by atoms with E-state index < -0.39 is 0 Å². The largest absolute Gasteiger partial charge is 0.384 e. The lowest BCUT2D eigenvalue weighted by Crippen LogP contribution is -2.31. The first-order valence-electron chi connectivity index (χ1n) is 5.04. The summed E-state index contributed by atoms with van der Waals surface area (Å²) in [4.78, 5) is 0. The van der Waals surface area contributed by atoms with Crippen LogP contribution in [0.2, 0.25) is 0 Å². The van der Waals surface area contributed by atoms with Gasteiger partial charge in [0.25, 0.3) is 0 Å². The van der Waals surface area contributed by atoms with Crippen LogP contribution in [0.3, 0.4) is 0 Å². The van der Waals surface area contributed by atoms with Gasteiger partial charge in [-0.3, -0.25) is 5.84 Å². The Hall–Kier alpha value is -1.06. The number of benzene rings is 1. The minimum absolute atomic E-state index is 0.842. The van der Waals surface area contributed by atoms with Gasteiger partial charge in [0.1, 0.15) is 0 Å². The van der Waals surface area contributed by atoms with E-state index in [0.29, 0.717) is 0 Å². The average molecular weight is 195 g/mol. The molecule has 0 unspecified atom stereocenters. The molecule has 80 valence electrons. The van der Waals surface area contributed by atoms with Crippen molar-refractivity contribution in [1.29, 1.82) is 0 Å². The van der Waals surface area contributed by atoms with E-state index in [1.165, 1.54) is 0 Å². The first-order valence-corrected chi connectivity index (χ1v) is 5.04. The SMILES string of the molecule is CC.CN(N)CCNc1ccccc1. The number of nitrogens with two attached hydrogens (primary N) is 1. The van der Waals surface area contributed by atoms with Crippen LogP contribution >= 0.6 is 0 Å². The van der Waals surface area contributed by atoms with E-state index in [1.807, 2.05) is 51.2 Å². The third kappa shape index (κ3) is 6.46. The summed E-state index contributed by atoms with van der Waals surface area (Å²) in [6.07, 6.45) is 0. The highest BCUT2D eigenvalue weighted by Crippen LogP contribution is 2.03. The molecule has 0 spiro atoms. The summed E-state index contributed by atoms with van der Waals surface area (Å²) < 4.78 is 0. The van der Waals surface area contributed by atoms with Crippen LogP contribution in [0.25, 0.3) is 0 Å². The molecule has 0 aliphatic heterocycles. The van der Waals surface area contributed by atoms with Crippen LogP contribution < -0.4 is 11.2 Å². The monoisotopic (exact) mass is 195 g/mol. The maximum absolute atomic E-state index is 5.45. The molecule has 0 radical (unpaired) electrons. The predicted octanol–water partition coefficient (Wildman–Crippen LogP) is 1.93. The highest BCUT2D eigenvalue weighted by atomic mass is 15.4. The topological polar surface area (TPSA) is 41.3 Å². The van der Waals surface area contributed by atoms with Crippen molar-refractivity contribution < 1.29 is 0 Å². The molecule has 3 nitrogen and oxygen atoms in total. The van der Waals surface area contributed by atoms with Crippen molar-refractivity contribution in [2.75, 3.05) is 25.5 Å². The van der Waals surface area contributed by atoms with E-state index in [0.717, 1.165) is 18.8 Å². The smallest absolute Gasteiger partial charge is 0.0340 e. The van der Waals surface area contributed by atoms with Crippen molar-refractivity contribution in [2.24, 2.45) is 5.84 Å². The molecule has 0 bridgehead atoms. The van der Waals surface area contributed by atoms with Crippen molar-refractivity contribution >= 4 is 5.69 Å². The molecule has 0 aliphatic carbocycles. The summed E-state index contributed by atoms with van der Waals surface area (Å²) in [5.74, 6) is 5.45. The molecule has 0 aliphatic rings. The third-order valence-electron chi connectivity index (χ3n) is 1.57. The third-order valence-corrected chi connectivity index (χ3v) is 1.57. The molecule has 14 heavy (non-hydrogen) atoms. The molecule has 3 N–H and O–H groups in total. The van der Waals surface area contributed by atoms with Crippen LogP contribution in [0.5, 0.6) is 0 Å². The van der Waals surface area contributed by atoms with Crippen molar-refractivity contribution in [3.8, 4) is 0 Å². The summed E-state index contributed by atoms with van der Waals surface area (Å²) in [7, 11) is 1.85. The highest BCUT2D eigenvalue weighted by Gasteiger charge is 1.90. The lowest BCUT2D eigenvalue weighted by molar-refractivity contribution is 0.363. The molecule has 0 atom stereocenters. The summed E-state index contributed by atoms with van der Waals surface area (Å²) in [5.41, 5.74) is 1.14. The average Bonchev–Trinajstić information content (AvgIpc) is 2.22. The van der Waals surface area contributed by atoms with E-state index in [9.17, 15) is 0 Å². The maximum atomic E-state index is 5.45. The van der Waals surface area contributed by atoms with E-state index in [4.69, 9.17) is 5.84 Å². The molecule has 0 saturated heterocycles. The zero-order valence-corrected chi connectivity index (χ0v) is 9.33. The quantitative estimate of drug-likeness (QED) is 0.570. The van der Waals surface area contributed by atoms with Gasteiger partial charge in [0.2, 0.25) is 0 Å². The molecule has 0 aromatic heterocycles. The molecule has 0 saturated carbocycles. The minimum atomic E-state index is 0.842. The van der Waals surface area contributed by atoms with Crippen molar-refractivity contribution in [3.05, 3.63) is 30.3 Å². The minimum Gasteiger partial charge on any atom is -0.384 e. The number of likely N-dealkylation sites (N-methyl/N-ethyl adjacent to an activating group) is 1. The fourth-order valence-corrected chi connectivity index (χ4v) is 0.933. The lowest BCUT2D eigenvalue weighted by Gasteiger charge is -2.10. The fraction of sp³-hybridized carbons (Fsp3) is 0.455. The zero-order chi connectivity index (χ0) is 10.8. The standard InChI is InChI=1S/C9H15N3.C2H6/c1-12(10)8-7-11-9-5-3-2-4-6-9;1-2/h2-6,11H,7-8,10H2,1H3;1-2H3. The van der Waals surface area contributed by atoms with E-state index in [2.05, 4.69) is 5.32 Å². The number of nitrogens with zero attached hydrogens (tertiary/aromatic N) is 1. The predicted molar refractivity (Wildman–Crippen MR) is 63.1 cm³/mol. The Morgan fingerprint density at radius 3 is 2.29 bits per heavy atom. The van der Waals surface area contributed by atoms with Crippen molar-refractivity contribution in [1.82, 2.24) is 5.01 Å². The molecule has 1 aromatic rings. The van der Waals surface area contributed by atoms with Crippen LogP contribution in [0, 0.1) is 0 Å². The van der Waals surface area contributed by atoms with Gasteiger partial charge in [0.15, 0.2) is 0 Å². The van der Waals surface area contributed by atoms with Crippen LogP contribution in [0.1, 0.15) is 13.8 Å². The van der Waals surface area contributed by atoms with E-state index >= 15 is 0 Å². The van der Waals surface area contributed by atoms with Gasteiger partial charge < -0.3 is 5.32 Å². The number of para-hydroxylation sites is 1. The Kier molecular flexibility index (Phi) is 7.89. The van der Waals surface area contributed by atoms with Crippen molar-refractivity contribution in [3.63, 3.8) is 0 Å². The summed E-state index contributed by atoms with van der Waals surface area (Å²) in [6, 6.07) is 10.1. The summed E-state index contributed by atoms with van der Waals surface area (Å²) in [5, 5.41) is 4.92. The summed E-state index contributed by atoms with van der Waals surface area (Å²) in [6.45, 7) is 5.71. The summed E-state index contributed by atoms with van der Waals surface area (Å²) >= 11 is 0. The zero-order valence-electron chi connectivity index (χ0n) is 9.33. The normalized spacial score (nSPS) is 9.21. The molecule has 0 amide bonds. The van der Waals surface area contributed by atoms with Gasteiger partial charge in [-0.15, -0.1) is 0 Å². The number of hydrogen-bond acceptors (Lipinski definition) is 3. The Balaban J connectivity index is 0.000000791. The molecule has 3 heteroatoms. The van der Waals surface area contributed by atoms with Gasteiger partial charge in [-0.2, -0.15) is 0 Å². The lowest BCUT2D eigenvalue weighted by atomic mass is 10.3. The van der Waals surface area contributed by atoms with Crippen LogP contribution in [-0.2, 0) is 0 Å². The number of hydrogen-bond donors (Lipinski definition) is 2. The molecular weight excluding hydrogens is 174 g/mol. The first-order chi connectivity index (χ1) is 6.79. The second-order valence-electron chi connectivity index (χ2n) is 2.77. The van der Waals surface area contributed by atoms with Crippen molar-refractivity contribution in [2.45, 2.75) is 13.8 Å². The molecule has 0 fully saturated rings. The Morgan fingerprint density at radius 1 is 1.21 bits per heavy atom. The molecule has 1 rings (SSSR count). The Morgan fingerprint density at radius 2 is 1.79 bits per heavy atom. The highest BCUT2D eigenvalue weighted by molar-refractivity contribution is 5.42. The number of rotatable bonds is 4. The Bertz CT molecular complexity index is 209. The van der Waals surface area contributed by atoms with Gasteiger partial charge in [-0.05, 0) is 12.1 Å². The molecule has 1 aromatic carbocycles. The number of hydrazine groups is 1. The van der Waals surface area contributed by atoms with Gasteiger partial charge >= 0.3 is 0 Å². The van der Waals surface area contributed by atoms with Crippen LogP contribution in [0.4, 0.5) is 5.69 Å². The molecular formula is C11H21N3. The van der Waals surface area contributed by atoms with Gasteiger partial charge in [0, 0.05) is 25.8 Å². The maximum Gasteiger partial charge on any atom is 0.0340 e. The van der Waals surface area contributed by atoms with Gasteiger partial charge in [0.05, 0.1) is 0 Å². The Labute approximate surface area is 86.9 Å².